The van der Waals surface area contributed by atoms with E-state index in [2.05, 4.69) is 41.7 Å². The third kappa shape index (κ3) is 8.98. The molecule has 0 bridgehead atoms. The van der Waals surface area contributed by atoms with Gasteiger partial charge in [0.15, 0.2) is 5.75 Å². The van der Waals surface area contributed by atoms with Gasteiger partial charge in [-0.05, 0) is 67.1 Å². The lowest BCUT2D eigenvalue weighted by Crippen LogP contribution is -2.24. The predicted octanol–water partition coefficient (Wildman–Crippen LogP) is 9.01. The molecule has 5 aromatic rings. The Bertz CT molecular complexity index is 2340. The quantitative estimate of drug-likeness (QED) is 0.0941. The normalized spacial score (nSPS) is 12.0. The zero-order chi connectivity index (χ0) is 39.4. The summed E-state index contributed by atoms with van der Waals surface area (Å²) in [6.07, 6.45) is 3.45. The molecule has 0 atom stereocenters. The molecule has 2 amide bonds. The van der Waals surface area contributed by atoms with E-state index < -0.39 is 23.2 Å². The van der Waals surface area contributed by atoms with Gasteiger partial charge in [0.1, 0.15) is 30.2 Å². The molecule has 0 aliphatic heterocycles. The number of anilines is 4. The zero-order valence-corrected chi connectivity index (χ0v) is 33.8. The van der Waals surface area contributed by atoms with E-state index in [1.807, 2.05) is 36.4 Å². The van der Waals surface area contributed by atoms with Gasteiger partial charge in [-0.3, -0.25) is 0 Å². The molecule has 0 fully saturated rings. The van der Waals surface area contributed by atoms with Crippen LogP contribution < -0.4 is 35.5 Å². The average molecular weight is 774 g/mol. The number of aromatic nitrogens is 1. The molecule has 4 aromatic carbocycles. The van der Waals surface area contributed by atoms with Crippen LogP contribution in [0.25, 0.3) is 10.8 Å². The van der Waals surface area contributed by atoms with E-state index in [1.54, 1.807) is 49.9 Å². The summed E-state index contributed by atoms with van der Waals surface area (Å²) in [4.78, 5) is 18.1. The number of ether oxygens (including phenoxy) is 3. The Morgan fingerprint density at radius 3 is 2.22 bits per heavy atom. The number of pyridine rings is 1. The predicted molar refractivity (Wildman–Crippen MR) is 218 cm³/mol. The first-order chi connectivity index (χ1) is 25.5. The molecule has 0 saturated heterocycles. The summed E-state index contributed by atoms with van der Waals surface area (Å²) in [7, 11) is -0.591. The van der Waals surface area contributed by atoms with Crippen molar-refractivity contribution in [3.8, 4) is 23.0 Å². The van der Waals surface area contributed by atoms with Crippen molar-refractivity contribution in [2.45, 2.75) is 43.9 Å². The topological polar surface area (TPSA) is 148 Å². The molecule has 0 radical (unpaired) electrons. The van der Waals surface area contributed by atoms with Gasteiger partial charge in [0, 0.05) is 55.0 Å². The summed E-state index contributed by atoms with van der Waals surface area (Å²) >= 11 is 0. The van der Waals surface area contributed by atoms with E-state index in [0.717, 1.165) is 33.5 Å². The molecule has 0 aliphatic rings. The van der Waals surface area contributed by atoms with Crippen LogP contribution in [0.3, 0.4) is 0 Å². The minimum atomic E-state index is -3.72. The van der Waals surface area contributed by atoms with Gasteiger partial charge in [0.05, 0.1) is 35.8 Å². The molecule has 1 aromatic heterocycles. The molecule has 1 heterocycles. The van der Waals surface area contributed by atoms with E-state index in [1.165, 1.54) is 40.4 Å². The van der Waals surface area contributed by atoms with E-state index in [9.17, 15) is 17.8 Å². The maximum Gasteiger partial charge on any atom is 0.323 e. The van der Waals surface area contributed by atoms with E-state index in [0.29, 0.717) is 51.2 Å². The summed E-state index contributed by atoms with van der Waals surface area (Å²) in [5, 5.41) is 11.1. The van der Waals surface area contributed by atoms with Crippen molar-refractivity contribution in [2.24, 2.45) is 0 Å². The van der Waals surface area contributed by atoms with Gasteiger partial charge in [-0.25, -0.2) is 22.5 Å². The highest BCUT2D eigenvalue weighted by molar-refractivity contribution is 7.89. The second-order valence-corrected chi connectivity index (χ2v) is 19.4. The van der Waals surface area contributed by atoms with Gasteiger partial charge < -0.3 is 34.7 Å². The summed E-state index contributed by atoms with van der Waals surface area (Å²) in [6.45, 7) is 9.79. The molecular weight excluding hydrogens is 726 g/mol. The van der Waals surface area contributed by atoms with Crippen LogP contribution in [-0.4, -0.2) is 65.4 Å². The number of rotatable bonds is 14. The first-order valence-corrected chi connectivity index (χ1v) is 21.4. The minimum Gasteiger partial charge on any atom is -0.497 e. The molecule has 0 saturated carbocycles. The monoisotopic (exact) mass is 773 g/mol. The van der Waals surface area contributed by atoms with Gasteiger partial charge in [-0.1, -0.05) is 51.5 Å². The molecule has 286 valence electrons. The number of sulfonamides is 1. The van der Waals surface area contributed by atoms with Crippen LogP contribution in [0, 0.1) is 0 Å². The van der Waals surface area contributed by atoms with Crippen molar-refractivity contribution in [3.63, 3.8) is 0 Å². The molecule has 14 heteroatoms. The minimum absolute atomic E-state index is 0.0664. The molecule has 0 spiro atoms. The van der Waals surface area contributed by atoms with Crippen LogP contribution in [0.5, 0.6) is 23.0 Å². The van der Waals surface area contributed by atoms with Crippen molar-refractivity contribution < 1.29 is 32.0 Å². The number of nitrogens with one attached hydrogen (secondary N) is 3. The summed E-state index contributed by atoms with van der Waals surface area (Å²) in [5.41, 5.74) is 2.19. The number of hydrogen-bond donors (Lipinski definition) is 3. The highest BCUT2D eigenvalue weighted by Gasteiger charge is 2.28. The number of amides is 2. The third-order valence-corrected chi connectivity index (χ3v) is 12.3. The maximum atomic E-state index is 13.6. The maximum absolute atomic E-state index is 13.6. The molecule has 12 nitrogen and oxygen atoms in total. The van der Waals surface area contributed by atoms with E-state index in [4.69, 9.17) is 14.2 Å². The smallest absolute Gasteiger partial charge is 0.323 e. The Morgan fingerprint density at radius 1 is 0.870 bits per heavy atom. The van der Waals surface area contributed by atoms with E-state index in [-0.39, 0.29) is 10.3 Å². The highest BCUT2D eigenvalue weighted by Crippen LogP contribution is 2.44. The first-order valence-electron chi connectivity index (χ1n) is 17.4. The van der Waals surface area contributed by atoms with E-state index >= 15 is 0 Å². The SMILES string of the molecule is CCCC(C)(C)c1cc(NC(=O)Nc2ccc(Oc3ccnc(Nc4cc(OC)cc(S(=O)(=O)N(C)C)c4)c3)c3ccccc23)c(OC)c(P(C)(C)=O)c1. The van der Waals surface area contributed by atoms with Crippen molar-refractivity contribution in [2.75, 3.05) is 57.6 Å². The molecule has 0 unspecified atom stereocenters. The number of hydrogen-bond acceptors (Lipinski definition) is 9. The average Bonchev–Trinajstić information content (AvgIpc) is 3.11. The van der Waals surface area contributed by atoms with Gasteiger partial charge in [0.2, 0.25) is 10.0 Å². The molecular formula is C40H48N5O7PS. The van der Waals surface area contributed by atoms with Crippen molar-refractivity contribution >= 4 is 62.2 Å². The Morgan fingerprint density at radius 2 is 1.57 bits per heavy atom. The number of carbonyl (C=O) groups excluding carboxylic acids is 1. The van der Waals surface area contributed by atoms with Crippen molar-refractivity contribution in [3.05, 3.63) is 90.6 Å². The molecule has 5 rings (SSSR count). The van der Waals surface area contributed by atoms with Crippen LogP contribution >= 0.6 is 7.14 Å². The van der Waals surface area contributed by atoms with Gasteiger partial charge >= 0.3 is 6.03 Å². The number of methoxy groups -OCH3 is 2. The fourth-order valence-electron chi connectivity index (χ4n) is 6.17. The number of benzene rings is 4. The number of urea groups is 1. The molecule has 3 N–H and O–H groups in total. The molecule has 54 heavy (non-hydrogen) atoms. The lowest BCUT2D eigenvalue weighted by molar-refractivity contribution is 0.262. The Balaban J connectivity index is 1.41. The standard InChI is InChI=1S/C40H48N5O7PS/c1-10-18-40(2,3)26-20-34(38(51-7)36(21-26)53(8,9)47)44-39(46)43-33-15-16-35(32-14-12-11-13-31(32)33)52-28-17-19-41-37(25-28)42-27-22-29(50-6)24-30(23-27)54(48,49)45(4)5/h11-17,19-25H,10,18H2,1-9H3,(H,41,42)(H2,43,44,46). The fraction of sp³-hybridized carbons (Fsp3) is 0.300. The van der Waals surface area contributed by atoms with Crippen LogP contribution in [-0.2, 0) is 20.0 Å². The Hall–Kier alpha value is -5.10. The Kier molecular flexibility index (Phi) is 12.0. The summed E-state index contributed by atoms with van der Waals surface area (Å²) in [6, 6.07) is 22.4. The zero-order valence-electron chi connectivity index (χ0n) is 32.1. The first kappa shape index (κ1) is 40.1. The number of carbonyl (C=O) groups is 1. The third-order valence-electron chi connectivity index (χ3n) is 9.02. The Labute approximate surface area is 317 Å². The second kappa shape index (κ2) is 16.1. The number of fused-ring (bicyclic) bond motifs is 1. The van der Waals surface area contributed by atoms with Crippen LogP contribution in [0.2, 0.25) is 0 Å². The highest BCUT2D eigenvalue weighted by atomic mass is 32.2. The second-order valence-electron chi connectivity index (χ2n) is 14.1. The van der Waals surface area contributed by atoms with Crippen LogP contribution in [0.15, 0.2) is 90.0 Å². The summed E-state index contributed by atoms with van der Waals surface area (Å²) in [5.74, 6) is 2.16. The molecule has 0 aliphatic carbocycles. The van der Waals surface area contributed by atoms with Crippen molar-refractivity contribution in [1.29, 1.82) is 0 Å². The lowest BCUT2D eigenvalue weighted by Gasteiger charge is -2.28. The van der Waals surface area contributed by atoms with Gasteiger partial charge in [-0.15, -0.1) is 0 Å². The lowest BCUT2D eigenvalue weighted by atomic mass is 9.80. The fourth-order valence-corrected chi connectivity index (χ4v) is 8.28. The van der Waals surface area contributed by atoms with Gasteiger partial charge in [0.25, 0.3) is 0 Å². The summed E-state index contributed by atoms with van der Waals surface area (Å²) < 4.78 is 57.6. The largest absolute Gasteiger partial charge is 0.497 e. The van der Waals surface area contributed by atoms with Crippen LogP contribution in [0.4, 0.5) is 27.7 Å². The van der Waals surface area contributed by atoms with Gasteiger partial charge in [-0.2, -0.15) is 0 Å². The number of nitrogens with zero attached hydrogens (tertiary/aromatic N) is 2. The van der Waals surface area contributed by atoms with Crippen LogP contribution in [0.1, 0.15) is 39.2 Å². The van der Waals surface area contributed by atoms with Crippen molar-refractivity contribution in [1.82, 2.24) is 9.29 Å².